The summed E-state index contributed by atoms with van der Waals surface area (Å²) < 4.78 is 37.8. The Morgan fingerprint density at radius 2 is 1.69 bits per heavy atom. The molecule has 5 heteroatoms. The molecule has 0 radical (unpaired) electrons. The van der Waals surface area contributed by atoms with E-state index in [9.17, 15) is 13.2 Å². The fourth-order valence-electron chi connectivity index (χ4n) is 1.97. The molecule has 0 aromatic rings. The van der Waals surface area contributed by atoms with Crippen molar-refractivity contribution in [3.05, 3.63) is 0 Å². The molecule has 3 atom stereocenters. The van der Waals surface area contributed by atoms with Crippen molar-refractivity contribution in [1.82, 2.24) is 4.90 Å². The van der Waals surface area contributed by atoms with E-state index in [1.54, 1.807) is 6.92 Å². The first-order valence-electron chi connectivity index (χ1n) is 5.78. The minimum Gasteiger partial charge on any atom is -0.330 e. The first kappa shape index (κ1) is 15.7. The number of nitrogens with two attached hydrogens (primary N) is 1. The van der Waals surface area contributed by atoms with Crippen LogP contribution in [0.2, 0.25) is 0 Å². The molecule has 2 nitrogen and oxygen atoms in total. The van der Waals surface area contributed by atoms with Crippen molar-refractivity contribution in [3.8, 4) is 0 Å². The Labute approximate surface area is 96.0 Å². The first-order chi connectivity index (χ1) is 7.25. The van der Waals surface area contributed by atoms with Crippen LogP contribution >= 0.6 is 0 Å². The minimum atomic E-state index is -4.13. The predicted octanol–water partition coefficient (Wildman–Crippen LogP) is 2.63. The molecule has 0 saturated heterocycles. The number of halogens is 3. The lowest BCUT2D eigenvalue weighted by atomic mass is 9.99. The van der Waals surface area contributed by atoms with E-state index < -0.39 is 18.1 Å². The number of hydrogen-bond acceptors (Lipinski definition) is 2. The summed E-state index contributed by atoms with van der Waals surface area (Å²) in [7, 11) is 0. The van der Waals surface area contributed by atoms with Gasteiger partial charge in [0.2, 0.25) is 0 Å². The van der Waals surface area contributed by atoms with Gasteiger partial charge in [0.05, 0.1) is 5.92 Å². The molecular formula is C11H23F3N2. The van der Waals surface area contributed by atoms with E-state index in [0.717, 1.165) is 6.42 Å². The maximum Gasteiger partial charge on any atom is 0.393 e. The van der Waals surface area contributed by atoms with Crippen LogP contribution in [0.15, 0.2) is 0 Å². The first-order valence-corrected chi connectivity index (χ1v) is 5.78. The standard InChI is InChI=1S/C11H23F3N2/c1-5-16(8(2)6-7-15)10(4)9(3)11(12,13)14/h8-10H,5-7,15H2,1-4H3. The van der Waals surface area contributed by atoms with Gasteiger partial charge >= 0.3 is 6.18 Å². The lowest BCUT2D eigenvalue weighted by molar-refractivity contribution is -0.186. The van der Waals surface area contributed by atoms with Crippen LogP contribution in [-0.4, -0.2) is 36.2 Å². The van der Waals surface area contributed by atoms with E-state index in [1.165, 1.54) is 6.92 Å². The largest absolute Gasteiger partial charge is 0.393 e. The summed E-state index contributed by atoms with van der Waals surface area (Å²) in [5, 5.41) is 0. The van der Waals surface area contributed by atoms with Crippen molar-refractivity contribution < 1.29 is 13.2 Å². The highest BCUT2D eigenvalue weighted by atomic mass is 19.4. The summed E-state index contributed by atoms with van der Waals surface area (Å²) in [6.07, 6.45) is -3.40. The molecule has 16 heavy (non-hydrogen) atoms. The average molecular weight is 240 g/mol. The Hall–Kier alpha value is -0.290. The second-order valence-electron chi connectivity index (χ2n) is 4.33. The van der Waals surface area contributed by atoms with Gasteiger partial charge in [-0.25, -0.2) is 0 Å². The maximum atomic E-state index is 12.6. The van der Waals surface area contributed by atoms with Crippen LogP contribution < -0.4 is 5.73 Å². The van der Waals surface area contributed by atoms with Crippen molar-refractivity contribution in [2.45, 2.75) is 52.4 Å². The second kappa shape index (κ2) is 6.45. The Morgan fingerprint density at radius 1 is 1.19 bits per heavy atom. The molecule has 98 valence electrons. The van der Waals surface area contributed by atoms with Gasteiger partial charge in [-0.1, -0.05) is 13.8 Å². The molecule has 0 fully saturated rings. The lowest BCUT2D eigenvalue weighted by Gasteiger charge is -2.37. The van der Waals surface area contributed by atoms with Gasteiger partial charge in [-0.15, -0.1) is 0 Å². The zero-order valence-electron chi connectivity index (χ0n) is 10.5. The lowest BCUT2D eigenvalue weighted by Crippen LogP contribution is -2.47. The minimum absolute atomic E-state index is 0.0924. The summed E-state index contributed by atoms with van der Waals surface area (Å²) >= 11 is 0. The summed E-state index contributed by atoms with van der Waals surface area (Å²) in [6.45, 7) is 7.80. The van der Waals surface area contributed by atoms with Crippen molar-refractivity contribution in [3.63, 3.8) is 0 Å². The Morgan fingerprint density at radius 3 is 2.00 bits per heavy atom. The van der Waals surface area contributed by atoms with Crippen LogP contribution in [0.1, 0.15) is 34.1 Å². The van der Waals surface area contributed by atoms with E-state index in [-0.39, 0.29) is 6.04 Å². The average Bonchev–Trinajstić information content (AvgIpc) is 2.16. The normalized spacial score (nSPS) is 18.6. The third kappa shape index (κ3) is 4.29. The van der Waals surface area contributed by atoms with Gasteiger partial charge in [-0.05, 0) is 33.4 Å². The SMILES string of the molecule is CCN(C(C)CCN)C(C)C(C)C(F)(F)F. The molecule has 0 rings (SSSR count). The van der Waals surface area contributed by atoms with Gasteiger partial charge in [0.25, 0.3) is 0 Å². The quantitative estimate of drug-likeness (QED) is 0.773. The maximum absolute atomic E-state index is 12.6. The number of rotatable bonds is 6. The molecule has 3 unspecified atom stereocenters. The zero-order valence-corrected chi connectivity index (χ0v) is 10.5. The van der Waals surface area contributed by atoms with Crippen LogP contribution in [-0.2, 0) is 0 Å². The second-order valence-corrected chi connectivity index (χ2v) is 4.33. The van der Waals surface area contributed by atoms with Crippen molar-refractivity contribution in [2.75, 3.05) is 13.1 Å². The van der Waals surface area contributed by atoms with E-state index in [1.807, 2.05) is 18.7 Å². The van der Waals surface area contributed by atoms with Gasteiger partial charge < -0.3 is 5.73 Å². The van der Waals surface area contributed by atoms with Crippen LogP contribution in [0, 0.1) is 5.92 Å². The summed E-state index contributed by atoms with van der Waals surface area (Å²) in [6, 6.07) is -0.415. The van der Waals surface area contributed by atoms with E-state index in [0.29, 0.717) is 13.1 Å². The fraction of sp³-hybridized carbons (Fsp3) is 1.00. The Kier molecular flexibility index (Phi) is 6.33. The van der Waals surface area contributed by atoms with Gasteiger partial charge in [0.1, 0.15) is 0 Å². The molecule has 0 aromatic carbocycles. The third-order valence-corrected chi connectivity index (χ3v) is 3.28. The molecule has 0 saturated carbocycles. The smallest absolute Gasteiger partial charge is 0.330 e. The Bertz CT molecular complexity index is 194. The molecule has 0 amide bonds. The van der Waals surface area contributed by atoms with Gasteiger partial charge in [0.15, 0.2) is 0 Å². The van der Waals surface area contributed by atoms with Gasteiger partial charge in [-0.2, -0.15) is 13.2 Å². The zero-order chi connectivity index (χ0) is 12.9. The molecular weight excluding hydrogens is 217 g/mol. The summed E-state index contributed by atoms with van der Waals surface area (Å²) in [5.41, 5.74) is 5.44. The van der Waals surface area contributed by atoms with Gasteiger partial charge in [0, 0.05) is 12.1 Å². The van der Waals surface area contributed by atoms with Crippen LogP contribution in [0.25, 0.3) is 0 Å². The highest BCUT2D eigenvalue weighted by Crippen LogP contribution is 2.31. The monoisotopic (exact) mass is 240 g/mol. The summed E-state index contributed by atoms with van der Waals surface area (Å²) in [5.74, 6) is -1.31. The highest BCUT2D eigenvalue weighted by molar-refractivity contribution is 4.80. The molecule has 0 aliphatic heterocycles. The van der Waals surface area contributed by atoms with Crippen LogP contribution in [0.5, 0.6) is 0 Å². The molecule has 0 heterocycles. The van der Waals surface area contributed by atoms with Gasteiger partial charge in [-0.3, -0.25) is 4.90 Å². The Balaban J connectivity index is 4.58. The highest BCUT2D eigenvalue weighted by Gasteiger charge is 2.41. The van der Waals surface area contributed by atoms with Crippen molar-refractivity contribution >= 4 is 0 Å². The van der Waals surface area contributed by atoms with Crippen molar-refractivity contribution in [2.24, 2.45) is 11.7 Å². The van der Waals surface area contributed by atoms with E-state index in [2.05, 4.69) is 0 Å². The summed E-state index contributed by atoms with van der Waals surface area (Å²) in [4.78, 5) is 1.87. The number of nitrogens with zero attached hydrogens (tertiary/aromatic N) is 1. The van der Waals surface area contributed by atoms with Crippen molar-refractivity contribution in [1.29, 1.82) is 0 Å². The van der Waals surface area contributed by atoms with E-state index >= 15 is 0 Å². The molecule has 0 aliphatic carbocycles. The molecule has 0 aromatic heterocycles. The molecule has 0 spiro atoms. The molecule has 2 N–H and O–H groups in total. The molecule has 0 bridgehead atoms. The third-order valence-electron chi connectivity index (χ3n) is 3.28. The topological polar surface area (TPSA) is 29.3 Å². The molecule has 0 aliphatic rings. The van der Waals surface area contributed by atoms with E-state index in [4.69, 9.17) is 5.73 Å². The fourth-order valence-corrected chi connectivity index (χ4v) is 1.97. The van der Waals surface area contributed by atoms with Crippen LogP contribution in [0.4, 0.5) is 13.2 Å². The number of hydrogen-bond donors (Lipinski definition) is 1. The number of alkyl halides is 3. The predicted molar refractivity (Wildman–Crippen MR) is 60.2 cm³/mol. The van der Waals surface area contributed by atoms with Crippen LogP contribution in [0.3, 0.4) is 0 Å².